The molecule has 1 N–H and O–H groups in total. The zero-order valence-electron chi connectivity index (χ0n) is 9.80. The van der Waals surface area contributed by atoms with E-state index in [1.807, 2.05) is 0 Å². The fourth-order valence-corrected chi connectivity index (χ4v) is 3.71. The van der Waals surface area contributed by atoms with Gasteiger partial charge >= 0.3 is 0 Å². The van der Waals surface area contributed by atoms with Gasteiger partial charge < -0.3 is 10.2 Å². The Bertz CT molecular complexity index is 217. The van der Waals surface area contributed by atoms with Crippen molar-refractivity contribution in [2.45, 2.75) is 62.9 Å². The van der Waals surface area contributed by atoms with Crippen molar-refractivity contribution in [2.24, 2.45) is 0 Å². The van der Waals surface area contributed by atoms with Gasteiger partial charge in [0, 0.05) is 11.6 Å². The van der Waals surface area contributed by atoms with Gasteiger partial charge in [0.05, 0.1) is 0 Å². The highest BCUT2D eigenvalue weighted by Crippen LogP contribution is 2.39. The molecular weight excluding hydrogens is 184 g/mol. The molecule has 0 aromatic rings. The van der Waals surface area contributed by atoms with Crippen LogP contribution >= 0.6 is 0 Å². The first-order valence-corrected chi connectivity index (χ1v) is 6.87. The minimum absolute atomic E-state index is 0.584. The second-order valence-corrected chi connectivity index (χ2v) is 5.80. The Balaban J connectivity index is 1.60. The predicted molar refractivity (Wildman–Crippen MR) is 63.0 cm³/mol. The molecule has 0 radical (unpaired) electrons. The highest BCUT2D eigenvalue weighted by atomic mass is 15.2. The maximum atomic E-state index is 3.77. The summed E-state index contributed by atoms with van der Waals surface area (Å²) in [4.78, 5) is 2.78. The molecule has 1 atom stereocenters. The van der Waals surface area contributed by atoms with Gasteiger partial charge in [0.15, 0.2) is 0 Å². The minimum Gasteiger partial charge on any atom is -0.311 e. The maximum Gasteiger partial charge on any atom is 0.0196 e. The summed E-state index contributed by atoms with van der Waals surface area (Å²) in [5.74, 6) is 0. The van der Waals surface area contributed by atoms with Crippen LogP contribution < -0.4 is 5.32 Å². The highest BCUT2D eigenvalue weighted by Gasteiger charge is 2.42. The highest BCUT2D eigenvalue weighted by molar-refractivity contribution is 5.02. The molecule has 1 spiro atoms. The van der Waals surface area contributed by atoms with Crippen LogP contribution in [0, 0.1) is 0 Å². The molecule has 0 aromatic carbocycles. The van der Waals surface area contributed by atoms with Crippen molar-refractivity contribution < 1.29 is 0 Å². The standard InChI is InChI=1S/C13H24N2/c1-2-9-15(10-3-1)12-5-8-14-13(11-12)6-4-7-13/h12,14H,1-11H2. The van der Waals surface area contributed by atoms with Gasteiger partial charge in [0.1, 0.15) is 0 Å². The van der Waals surface area contributed by atoms with Crippen molar-refractivity contribution in [2.75, 3.05) is 19.6 Å². The number of piperidine rings is 2. The molecule has 2 aliphatic heterocycles. The van der Waals surface area contributed by atoms with Gasteiger partial charge in [-0.05, 0) is 64.6 Å². The van der Waals surface area contributed by atoms with E-state index in [9.17, 15) is 0 Å². The van der Waals surface area contributed by atoms with Crippen molar-refractivity contribution >= 4 is 0 Å². The summed E-state index contributed by atoms with van der Waals surface area (Å²) in [6, 6.07) is 0.909. The molecule has 3 aliphatic rings. The summed E-state index contributed by atoms with van der Waals surface area (Å²) in [6.07, 6.45) is 11.5. The van der Waals surface area contributed by atoms with E-state index in [4.69, 9.17) is 0 Å². The van der Waals surface area contributed by atoms with E-state index < -0.39 is 0 Å². The molecule has 0 aromatic heterocycles. The van der Waals surface area contributed by atoms with Crippen LogP contribution in [0.1, 0.15) is 51.4 Å². The summed E-state index contributed by atoms with van der Waals surface area (Å²) >= 11 is 0. The number of hydrogen-bond donors (Lipinski definition) is 1. The average molecular weight is 208 g/mol. The van der Waals surface area contributed by atoms with Gasteiger partial charge in [-0.3, -0.25) is 0 Å². The summed E-state index contributed by atoms with van der Waals surface area (Å²) in [7, 11) is 0. The van der Waals surface area contributed by atoms with Crippen molar-refractivity contribution in [1.82, 2.24) is 10.2 Å². The van der Waals surface area contributed by atoms with Crippen molar-refractivity contribution in [3.05, 3.63) is 0 Å². The van der Waals surface area contributed by atoms with E-state index >= 15 is 0 Å². The predicted octanol–water partition coefficient (Wildman–Crippen LogP) is 2.15. The van der Waals surface area contributed by atoms with E-state index in [2.05, 4.69) is 10.2 Å². The van der Waals surface area contributed by atoms with Crippen LogP contribution in [-0.4, -0.2) is 36.1 Å². The van der Waals surface area contributed by atoms with Crippen molar-refractivity contribution in [1.29, 1.82) is 0 Å². The van der Waals surface area contributed by atoms with E-state index in [0.29, 0.717) is 5.54 Å². The first-order chi connectivity index (χ1) is 7.38. The molecule has 2 saturated heterocycles. The van der Waals surface area contributed by atoms with Crippen molar-refractivity contribution in [3.63, 3.8) is 0 Å². The molecule has 2 heterocycles. The molecule has 0 bridgehead atoms. The number of likely N-dealkylation sites (tertiary alicyclic amines) is 1. The molecule has 3 fully saturated rings. The number of hydrogen-bond acceptors (Lipinski definition) is 2. The van der Waals surface area contributed by atoms with Crippen LogP contribution in [0.25, 0.3) is 0 Å². The SMILES string of the molecule is C1CCN(C2CCNC3(CCC3)C2)CC1. The van der Waals surface area contributed by atoms with E-state index in [0.717, 1.165) is 6.04 Å². The van der Waals surface area contributed by atoms with Gasteiger partial charge in [0.2, 0.25) is 0 Å². The molecule has 2 nitrogen and oxygen atoms in total. The molecule has 1 saturated carbocycles. The molecular formula is C13H24N2. The van der Waals surface area contributed by atoms with Gasteiger partial charge in [-0.2, -0.15) is 0 Å². The quantitative estimate of drug-likeness (QED) is 0.710. The Morgan fingerprint density at radius 3 is 2.47 bits per heavy atom. The largest absolute Gasteiger partial charge is 0.311 e. The Morgan fingerprint density at radius 1 is 1.00 bits per heavy atom. The summed E-state index contributed by atoms with van der Waals surface area (Å²) < 4.78 is 0. The van der Waals surface area contributed by atoms with E-state index in [1.165, 1.54) is 71.0 Å². The third-order valence-corrected chi connectivity index (χ3v) is 4.82. The molecule has 0 amide bonds. The molecule has 1 aliphatic carbocycles. The minimum atomic E-state index is 0.584. The Hall–Kier alpha value is -0.0800. The fourth-order valence-electron chi connectivity index (χ4n) is 3.71. The van der Waals surface area contributed by atoms with E-state index in [-0.39, 0.29) is 0 Å². The summed E-state index contributed by atoms with van der Waals surface area (Å²) in [5.41, 5.74) is 0.584. The number of nitrogens with one attached hydrogen (secondary N) is 1. The lowest BCUT2D eigenvalue weighted by Gasteiger charge is -2.51. The van der Waals surface area contributed by atoms with Crippen LogP contribution in [0.5, 0.6) is 0 Å². The van der Waals surface area contributed by atoms with Crippen LogP contribution in [0.2, 0.25) is 0 Å². The second-order valence-electron chi connectivity index (χ2n) is 5.80. The van der Waals surface area contributed by atoms with Crippen LogP contribution in [0.15, 0.2) is 0 Å². The smallest absolute Gasteiger partial charge is 0.0196 e. The second kappa shape index (κ2) is 4.06. The molecule has 3 rings (SSSR count). The average Bonchev–Trinajstić information content (AvgIpc) is 2.28. The van der Waals surface area contributed by atoms with Gasteiger partial charge in [0.25, 0.3) is 0 Å². The normalized spacial score (nSPS) is 36.4. The number of rotatable bonds is 1. The maximum absolute atomic E-state index is 3.77. The summed E-state index contributed by atoms with van der Waals surface area (Å²) in [6.45, 7) is 4.02. The van der Waals surface area contributed by atoms with Crippen LogP contribution in [-0.2, 0) is 0 Å². The lowest BCUT2D eigenvalue weighted by Crippen LogP contribution is -2.60. The topological polar surface area (TPSA) is 15.3 Å². The Labute approximate surface area is 93.4 Å². The Morgan fingerprint density at radius 2 is 1.80 bits per heavy atom. The van der Waals surface area contributed by atoms with Gasteiger partial charge in [-0.25, -0.2) is 0 Å². The summed E-state index contributed by atoms with van der Waals surface area (Å²) in [5, 5.41) is 3.77. The van der Waals surface area contributed by atoms with Crippen molar-refractivity contribution in [3.8, 4) is 0 Å². The lowest BCUT2D eigenvalue weighted by molar-refractivity contribution is 0.0517. The third-order valence-electron chi connectivity index (χ3n) is 4.82. The van der Waals surface area contributed by atoms with Gasteiger partial charge in [-0.1, -0.05) is 6.42 Å². The van der Waals surface area contributed by atoms with Gasteiger partial charge in [-0.15, -0.1) is 0 Å². The molecule has 86 valence electrons. The number of nitrogens with zero attached hydrogens (tertiary/aromatic N) is 1. The molecule has 15 heavy (non-hydrogen) atoms. The third kappa shape index (κ3) is 1.94. The fraction of sp³-hybridized carbons (Fsp3) is 1.00. The first kappa shape index (κ1) is 10.1. The zero-order chi connectivity index (χ0) is 10.1. The molecule has 1 unspecified atom stereocenters. The zero-order valence-corrected chi connectivity index (χ0v) is 9.80. The van der Waals surface area contributed by atoms with Crippen LogP contribution in [0.3, 0.4) is 0 Å². The van der Waals surface area contributed by atoms with Crippen LogP contribution in [0.4, 0.5) is 0 Å². The monoisotopic (exact) mass is 208 g/mol. The lowest BCUT2D eigenvalue weighted by atomic mass is 9.70. The Kier molecular flexibility index (Phi) is 2.73. The first-order valence-electron chi connectivity index (χ1n) is 6.87. The molecule has 2 heteroatoms. The van der Waals surface area contributed by atoms with E-state index in [1.54, 1.807) is 0 Å².